The highest BCUT2D eigenvalue weighted by molar-refractivity contribution is 5.44. The number of aromatic hydroxyl groups is 2. The van der Waals surface area contributed by atoms with Gasteiger partial charge in [0.15, 0.2) is 11.5 Å². The highest BCUT2D eigenvalue weighted by Gasteiger charge is 2.23. The molecule has 1 fully saturated rings. The lowest BCUT2D eigenvalue weighted by Crippen LogP contribution is -2.30. The molecule has 3 N–H and O–H groups in total. The minimum Gasteiger partial charge on any atom is -0.504 e. The van der Waals surface area contributed by atoms with Gasteiger partial charge >= 0.3 is 0 Å². The summed E-state index contributed by atoms with van der Waals surface area (Å²) in [6.07, 6.45) is 1.23. The van der Waals surface area contributed by atoms with Gasteiger partial charge in [0.2, 0.25) is 0 Å². The molecule has 0 amide bonds. The molecular weight excluding hydrogens is 240 g/mol. The lowest BCUT2D eigenvalue weighted by atomic mass is 10.1. The average Bonchev–Trinajstić information content (AvgIpc) is 2.83. The van der Waals surface area contributed by atoms with E-state index >= 15 is 0 Å². The summed E-state index contributed by atoms with van der Waals surface area (Å²) in [7, 11) is 0. The third-order valence-corrected chi connectivity index (χ3v) is 3.89. The van der Waals surface area contributed by atoms with Crippen LogP contribution in [0.2, 0.25) is 0 Å². The lowest BCUT2D eigenvalue weighted by Gasteiger charge is -2.20. The first kappa shape index (κ1) is 14.2. The molecule has 19 heavy (non-hydrogen) atoms. The maximum atomic E-state index is 9.71. The van der Waals surface area contributed by atoms with Gasteiger partial charge in [-0.05, 0) is 45.3 Å². The van der Waals surface area contributed by atoms with Crippen LogP contribution in [0.1, 0.15) is 25.8 Å². The number of hydrogen-bond acceptors (Lipinski definition) is 4. The van der Waals surface area contributed by atoms with Gasteiger partial charge in [-0.1, -0.05) is 12.1 Å². The van der Waals surface area contributed by atoms with Crippen LogP contribution >= 0.6 is 0 Å². The van der Waals surface area contributed by atoms with Crippen LogP contribution in [0.3, 0.4) is 0 Å². The molecule has 2 rings (SSSR count). The van der Waals surface area contributed by atoms with Gasteiger partial charge in [-0.25, -0.2) is 0 Å². The van der Waals surface area contributed by atoms with E-state index in [2.05, 4.69) is 24.1 Å². The van der Waals surface area contributed by atoms with Crippen molar-refractivity contribution in [2.75, 3.05) is 19.6 Å². The summed E-state index contributed by atoms with van der Waals surface area (Å²) in [6, 6.07) is 5.70. The molecule has 1 aromatic carbocycles. The van der Waals surface area contributed by atoms with Crippen LogP contribution in [-0.2, 0) is 6.54 Å². The van der Waals surface area contributed by atoms with E-state index in [1.165, 1.54) is 19.0 Å². The fraction of sp³-hybridized carbons (Fsp3) is 0.600. The second kappa shape index (κ2) is 6.26. The minimum atomic E-state index is -0.0499. The van der Waals surface area contributed by atoms with Gasteiger partial charge < -0.3 is 20.4 Å². The standard InChI is InChI=1S/C15H24N2O2/c1-11(2)17-7-6-12(10-17)8-16-9-13-4-3-5-14(18)15(13)19/h3-5,11-12,16,18-19H,6-10H2,1-2H3. The molecular formula is C15H24N2O2. The molecule has 0 aliphatic carbocycles. The number of phenolic OH excluding ortho intramolecular Hbond substituents is 2. The fourth-order valence-corrected chi connectivity index (χ4v) is 2.63. The molecule has 0 radical (unpaired) electrons. The van der Waals surface area contributed by atoms with Crippen LogP contribution in [0.25, 0.3) is 0 Å². The van der Waals surface area contributed by atoms with Gasteiger partial charge in [0.25, 0.3) is 0 Å². The van der Waals surface area contributed by atoms with Crippen molar-refractivity contribution in [1.82, 2.24) is 10.2 Å². The summed E-state index contributed by atoms with van der Waals surface area (Å²) in [4.78, 5) is 2.50. The Morgan fingerprint density at radius 1 is 1.37 bits per heavy atom. The van der Waals surface area contributed by atoms with Gasteiger partial charge in [0, 0.05) is 24.7 Å². The first-order chi connectivity index (χ1) is 9.08. The molecule has 106 valence electrons. The molecule has 0 aromatic heterocycles. The largest absolute Gasteiger partial charge is 0.504 e. The van der Waals surface area contributed by atoms with E-state index in [0.29, 0.717) is 18.5 Å². The molecule has 0 bridgehead atoms. The highest BCUT2D eigenvalue weighted by Crippen LogP contribution is 2.28. The number of benzene rings is 1. The average molecular weight is 264 g/mol. The zero-order chi connectivity index (χ0) is 13.8. The van der Waals surface area contributed by atoms with Crippen LogP contribution in [0, 0.1) is 5.92 Å². The Morgan fingerprint density at radius 2 is 2.16 bits per heavy atom. The van der Waals surface area contributed by atoms with Gasteiger partial charge in [-0.15, -0.1) is 0 Å². The molecule has 0 saturated carbocycles. The number of nitrogens with one attached hydrogen (secondary N) is 1. The Hall–Kier alpha value is -1.26. The number of phenols is 2. The molecule has 4 heteroatoms. The van der Waals surface area contributed by atoms with Crippen molar-refractivity contribution in [3.05, 3.63) is 23.8 Å². The summed E-state index contributed by atoms with van der Waals surface area (Å²) < 4.78 is 0. The summed E-state index contributed by atoms with van der Waals surface area (Å²) in [5.74, 6) is 0.623. The topological polar surface area (TPSA) is 55.7 Å². The van der Waals surface area contributed by atoms with Crippen molar-refractivity contribution in [1.29, 1.82) is 0 Å². The molecule has 1 aliphatic heterocycles. The van der Waals surface area contributed by atoms with E-state index in [1.54, 1.807) is 6.07 Å². The smallest absolute Gasteiger partial charge is 0.161 e. The van der Waals surface area contributed by atoms with Crippen molar-refractivity contribution in [3.8, 4) is 11.5 Å². The molecule has 1 aliphatic rings. The Bertz CT molecular complexity index is 421. The third-order valence-electron chi connectivity index (χ3n) is 3.89. The van der Waals surface area contributed by atoms with E-state index < -0.39 is 0 Å². The maximum Gasteiger partial charge on any atom is 0.161 e. The monoisotopic (exact) mass is 264 g/mol. The van der Waals surface area contributed by atoms with E-state index in [4.69, 9.17) is 0 Å². The molecule has 0 spiro atoms. The van der Waals surface area contributed by atoms with Crippen LogP contribution in [-0.4, -0.2) is 40.8 Å². The quantitative estimate of drug-likeness (QED) is 0.711. The highest BCUT2D eigenvalue weighted by atomic mass is 16.3. The fourth-order valence-electron chi connectivity index (χ4n) is 2.63. The molecule has 4 nitrogen and oxygen atoms in total. The summed E-state index contributed by atoms with van der Waals surface area (Å²) in [6.45, 7) is 8.36. The SMILES string of the molecule is CC(C)N1CCC(CNCc2cccc(O)c2O)C1. The van der Waals surface area contributed by atoms with Gasteiger partial charge in [0.05, 0.1) is 0 Å². The number of para-hydroxylation sites is 1. The van der Waals surface area contributed by atoms with Crippen LogP contribution in [0.15, 0.2) is 18.2 Å². The minimum absolute atomic E-state index is 0.00905. The second-order valence-electron chi connectivity index (χ2n) is 5.66. The van der Waals surface area contributed by atoms with Crippen molar-refractivity contribution >= 4 is 0 Å². The summed E-state index contributed by atoms with van der Waals surface area (Å²) in [5.41, 5.74) is 0.749. The van der Waals surface area contributed by atoms with Crippen molar-refractivity contribution in [2.24, 2.45) is 5.92 Å². The summed E-state index contributed by atoms with van der Waals surface area (Å²) in [5, 5.41) is 22.5. The molecule has 1 aromatic rings. The van der Waals surface area contributed by atoms with Crippen molar-refractivity contribution < 1.29 is 10.2 Å². The molecule has 1 saturated heterocycles. The van der Waals surface area contributed by atoms with E-state index in [-0.39, 0.29) is 11.5 Å². The number of rotatable bonds is 5. The first-order valence-electron chi connectivity index (χ1n) is 7.02. The second-order valence-corrected chi connectivity index (χ2v) is 5.66. The third kappa shape index (κ3) is 3.61. The zero-order valence-electron chi connectivity index (χ0n) is 11.8. The van der Waals surface area contributed by atoms with Gasteiger partial charge in [-0.2, -0.15) is 0 Å². The summed E-state index contributed by atoms with van der Waals surface area (Å²) >= 11 is 0. The zero-order valence-corrected chi connectivity index (χ0v) is 11.8. The van der Waals surface area contributed by atoms with Crippen LogP contribution < -0.4 is 5.32 Å². The Kier molecular flexibility index (Phi) is 4.66. The first-order valence-corrected chi connectivity index (χ1v) is 7.02. The number of likely N-dealkylation sites (tertiary alicyclic amines) is 1. The predicted octanol–water partition coefficient (Wildman–Crippen LogP) is 1.92. The van der Waals surface area contributed by atoms with Crippen molar-refractivity contribution in [2.45, 2.75) is 32.9 Å². The molecule has 1 atom stereocenters. The number of hydrogen-bond donors (Lipinski definition) is 3. The van der Waals surface area contributed by atoms with Crippen LogP contribution in [0.5, 0.6) is 11.5 Å². The lowest BCUT2D eigenvalue weighted by molar-refractivity contribution is 0.264. The van der Waals surface area contributed by atoms with Gasteiger partial charge in [0.1, 0.15) is 0 Å². The van der Waals surface area contributed by atoms with E-state index in [9.17, 15) is 10.2 Å². The van der Waals surface area contributed by atoms with E-state index in [1.807, 2.05) is 6.07 Å². The van der Waals surface area contributed by atoms with Crippen molar-refractivity contribution in [3.63, 3.8) is 0 Å². The maximum absolute atomic E-state index is 9.71. The molecule has 1 heterocycles. The predicted molar refractivity (Wildman–Crippen MR) is 76.3 cm³/mol. The molecule has 1 unspecified atom stereocenters. The van der Waals surface area contributed by atoms with Crippen LogP contribution in [0.4, 0.5) is 0 Å². The van der Waals surface area contributed by atoms with Gasteiger partial charge in [-0.3, -0.25) is 0 Å². The normalized spacial score (nSPS) is 20.3. The van der Waals surface area contributed by atoms with E-state index in [0.717, 1.165) is 18.7 Å². The number of nitrogens with zero attached hydrogens (tertiary/aromatic N) is 1. The Morgan fingerprint density at radius 3 is 2.84 bits per heavy atom. The Labute approximate surface area is 115 Å². The Balaban J connectivity index is 1.77.